The average molecular weight is 559 g/mol. The van der Waals surface area contributed by atoms with Crippen molar-refractivity contribution in [1.29, 1.82) is 0 Å². The van der Waals surface area contributed by atoms with E-state index in [0.717, 1.165) is 0 Å². The molecule has 9 nitrogen and oxygen atoms in total. The number of ether oxygens (including phenoxy) is 3. The molecule has 0 heterocycles. The fraction of sp³-hybridized carbons (Fsp3) is 0.645. The number of carbonyl (C=O) groups excluding carboxylic acids is 3. The van der Waals surface area contributed by atoms with Crippen LogP contribution < -0.4 is 0 Å². The normalized spacial score (nSPS) is 37.6. The molecule has 0 saturated heterocycles. The molecular formula is C31H42O9. The molecule has 3 aliphatic carbocycles. The Labute approximate surface area is 235 Å². The Bertz CT molecular complexity index is 1180. The highest BCUT2D eigenvalue weighted by Gasteiger charge is 2.69. The van der Waals surface area contributed by atoms with Crippen LogP contribution in [0.3, 0.4) is 0 Å². The van der Waals surface area contributed by atoms with Gasteiger partial charge in [0.1, 0.15) is 6.10 Å². The molecule has 220 valence electrons. The Kier molecular flexibility index (Phi) is 7.99. The zero-order chi connectivity index (χ0) is 29.8. The number of esters is 3. The maximum Gasteiger partial charge on any atom is 0.338 e. The van der Waals surface area contributed by atoms with Crippen LogP contribution in [0.4, 0.5) is 0 Å². The summed E-state index contributed by atoms with van der Waals surface area (Å²) in [5.41, 5.74) is -2.33. The summed E-state index contributed by atoms with van der Waals surface area (Å²) in [6, 6.07) is 8.40. The standard InChI is InChI=1S/C31H42O9/c1-16-21-14-31(29(5,6)37)15-23(35)17(2)25(31)26(40-28(36)20-11-9-8-10-12-20)27(39-19(4)33)30(21,7)24(13-22(16)34)38-18(3)32/h8-12,16,21-24,26-27,34-35,37H,13-15H2,1-7H3/t16?,21?,22-,23-,24-,26+,27-,30-,31-/m0/s1. The number of carbonyl (C=O) groups is 3. The number of aliphatic hydroxyl groups excluding tert-OH is 2. The van der Waals surface area contributed by atoms with Crippen molar-refractivity contribution in [2.45, 2.75) is 104 Å². The Morgan fingerprint density at radius 3 is 2.12 bits per heavy atom. The van der Waals surface area contributed by atoms with Gasteiger partial charge in [0.05, 0.1) is 23.4 Å². The van der Waals surface area contributed by atoms with Gasteiger partial charge < -0.3 is 29.5 Å². The fourth-order valence-electron chi connectivity index (χ4n) is 7.70. The first-order valence-electron chi connectivity index (χ1n) is 13.9. The van der Waals surface area contributed by atoms with E-state index in [2.05, 4.69) is 0 Å². The average Bonchev–Trinajstić information content (AvgIpc) is 3.07. The molecule has 3 aliphatic rings. The molecule has 9 atom stereocenters. The largest absolute Gasteiger partial charge is 0.462 e. The Balaban J connectivity index is 2.03. The number of hydrogen-bond acceptors (Lipinski definition) is 9. The van der Waals surface area contributed by atoms with Crippen LogP contribution in [-0.2, 0) is 23.8 Å². The van der Waals surface area contributed by atoms with Crippen molar-refractivity contribution in [2.24, 2.45) is 22.7 Å². The zero-order valence-corrected chi connectivity index (χ0v) is 24.3. The Morgan fingerprint density at radius 2 is 1.57 bits per heavy atom. The van der Waals surface area contributed by atoms with E-state index in [4.69, 9.17) is 14.2 Å². The zero-order valence-electron chi connectivity index (χ0n) is 24.3. The van der Waals surface area contributed by atoms with Gasteiger partial charge >= 0.3 is 17.9 Å². The van der Waals surface area contributed by atoms with Gasteiger partial charge in [0.15, 0.2) is 12.2 Å². The maximum absolute atomic E-state index is 13.6. The fourth-order valence-corrected chi connectivity index (χ4v) is 7.70. The van der Waals surface area contributed by atoms with Crippen molar-refractivity contribution >= 4 is 17.9 Å². The van der Waals surface area contributed by atoms with E-state index >= 15 is 0 Å². The van der Waals surface area contributed by atoms with Crippen LogP contribution in [-0.4, -0.2) is 69.3 Å². The van der Waals surface area contributed by atoms with Crippen molar-refractivity contribution in [3.63, 3.8) is 0 Å². The SMILES string of the molecule is CC(=O)O[C@H]1C[C@H](O)C(C)C2C[C@]3(C(C)(C)O)C[C@H](O)C(C)=C3[C@@H](OC(=O)c3ccccc3)[C@H](OC(C)=O)[C@@]21C. The molecule has 0 aliphatic heterocycles. The second kappa shape index (κ2) is 10.6. The van der Waals surface area contributed by atoms with Gasteiger partial charge in [0.2, 0.25) is 0 Å². The maximum atomic E-state index is 13.6. The summed E-state index contributed by atoms with van der Waals surface area (Å²) >= 11 is 0. The van der Waals surface area contributed by atoms with E-state index in [1.54, 1.807) is 51.1 Å². The molecule has 0 aromatic heterocycles. The molecule has 1 aromatic rings. The molecule has 0 bridgehead atoms. The number of benzene rings is 1. The summed E-state index contributed by atoms with van der Waals surface area (Å²) in [6.45, 7) is 11.3. The van der Waals surface area contributed by atoms with Crippen molar-refractivity contribution in [3.05, 3.63) is 47.0 Å². The van der Waals surface area contributed by atoms with Gasteiger partial charge in [-0.1, -0.05) is 32.0 Å². The summed E-state index contributed by atoms with van der Waals surface area (Å²) < 4.78 is 18.1. The lowest BCUT2D eigenvalue weighted by Gasteiger charge is -2.54. The van der Waals surface area contributed by atoms with Crippen LogP contribution in [0.25, 0.3) is 0 Å². The van der Waals surface area contributed by atoms with Gasteiger partial charge in [-0.3, -0.25) is 9.59 Å². The minimum Gasteiger partial charge on any atom is -0.462 e. The Morgan fingerprint density at radius 1 is 0.975 bits per heavy atom. The summed E-state index contributed by atoms with van der Waals surface area (Å²) in [5, 5.41) is 34.2. The van der Waals surface area contributed by atoms with Crippen LogP contribution in [0.15, 0.2) is 41.5 Å². The quantitative estimate of drug-likeness (QED) is 0.282. The van der Waals surface area contributed by atoms with Gasteiger partial charge in [0, 0.05) is 31.1 Å². The molecule has 0 spiro atoms. The topological polar surface area (TPSA) is 140 Å². The molecule has 0 amide bonds. The van der Waals surface area contributed by atoms with E-state index in [0.29, 0.717) is 11.1 Å². The van der Waals surface area contributed by atoms with Gasteiger partial charge in [-0.05, 0) is 68.7 Å². The third-order valence-electron chi connectivity index (χ3n) is 9.93. The summed E-state index contributed by atoms with van der Waals surface area (Å²) in [4.78, 5) is 38.6. The van der Waals surface area contributed by atoms with Crippen LogP contribution in [0.5, 0.6) is 0 Å². The third-order valence-corrected chi connectivity index (χ3v) is 9.93. The van der Waals surface area contributed by atoms with Gasteiger partial charge in [-0.2, -0.15) is 0 Å². The van der Waals surface area contributed by atoms with Crippen LogP contribution >= 0.6 is 0 Å². The second-order valence-electron chi connectivity index (χ2n) is 12.6. The predicted molar refractivity (Wildman–Crippen MR) is 145 cm³/mol. The smallest absolute Gasteiger partial charge is 0.338 e. The Hall–Kier alpha value is -2.75. The lowest BCUT2D eigenvalue weighted by Crippen LogP contribution is -2.61. The molecule has 2 saturated carbocycles. The minimum absolute atomic E-state index is 0.0982. The lowest BCUT2D eigenvalue weighted by molar-refractivity contribution is -0.214. The molecule has 2 fully saturated rings. The number of rotatable bonds is 5. The highest BCUT2D eigenvalue weighted by atomic mass is 16.6. The first-order chi connectivity index (χ1) is 18.5. The predicted octanol–water partition coefficient (Wildman–Crippen LogP) is 3.34. The first-order valence-corrected chi connectivity index (χ1v) is 13.9. The van der Waals surface area contributed by atoms with E-state index in [9.17, 15) is 29.7 Å². The van der Waals surface area contributed by atoms with Crippen LogP contribution in [0.1, 0.15) is 78.1 Å². The molecular weight excluding hydrogens is 516 g/mol. The van der Waals surface area contributed by atoms with Crippen LogP contribution in [0.2, 0.25) is 0 Å². The van der Waals surface area contributed by atoms with Gasteiger partial charge in [0.25, 0.3) is 0 Å². The van der Waals surface area contributed by atoms with Gasteiger partial charge in [-0.25, -0.2) is 4.79 Å². The van der Waals surface area contributed by atoms with Crippen molar-refractivity contribution in [1.82, 2.24) is 0 Å². The molecule has 9 heteroatoms. The van der Waals surface area contributed by atoms with Crippen LogP contribution in [0, 0.1) is 22.7 Å². The van der Waals surface area contributed by atoms with E-state index < -0.39 is 70.8 Å². The molecule has 0 radical (unpaired) electrons. The highest BCUT2D eigenvalue weighted by Crippen LogP contribution is 2.65. The molecule has 3 N–H and O–H groups in total. The van der Waals surface area contributed by atoms with E-state index in [-0.39, 0.29) is 30.7 Å². The molecule has 1 aromatic carbocycles. The molecule has 2 unspecified atom stereocenters. The minimum atomic E-state index is -1.41. The third kappa shape index (κ3) is 4.86. The van der Waals surface area contributed by atoms with Gasteiger partial charge in [-0.15, -0.1) is 0 Å². The number of hydrogen-bond donors (Lipinski definition) is 3. The first kappa shape index (κ1) is 30.2. The number of aliphatic hydroxyl groups is 3. The van der Waals surface area contributed by atoms with Crippen molar-refractivity contribution < 1.29 is 43.9 Å². The monoisotopic (exact) mass is 558 g/mol. The lowest BCUT2D eigenvalue weighted by atomic mass is 9.54. The van der Waals surface area contributed by atoms with E-state index in [1.165, 1.54) is 13.8 Å². The van der Waals surface area contributed by atoms with Crippen molar-refractivity contribution in [3.8, 4) is 0 Å². The summed E-state index contributed by atoms with van der Waals surface area (Å²) in [5.74, 6) is -2.68. The number of fused-ring (bicyclic) bond motifs is 2. The molecule has 4 rings (SSSR count). The summed E-state index contributed by atoms with van der Waals surface area (Å²) in [6.07, 6.45) is -4.51. The molecule has 40 heavy (non-hydrogen) atoms. The summed E-state index contributed by atoms with van der Waals surface area (Å²) in [7, 11) is 0. The van der Waals surface area contributed by atoms with E-state index in [1.807, 2.05) is 13.8 Å². The van der Waals surface area contributed by atoms with Crippen molar-refractivity contribution in [2.75, 3.05) is 0 Å². The second-order valence-corrected chi connectivity index (χ2v) is 12.6. The highest BCUT2D eigenvalue weighted by molar-refractivity contribution is 5.89.